The molecule has 0 fully saturated rings. The van der Waals surface area contributed by atoms with Crippen molar-refractivity contribution < 1.29 is 14.6 Å². The van der Waals surface area contributed by atoms with Gasteiger partial charge >= 0.3 is 6.09 Å². The van der Waals surface area contributed by atoms with Gasteiger partial charge in [-0.3, -0.25) is 0 Å². The summed E-state index contributed by atoms with van der Waals surface area (Å²) in [6, 6.07) is 8.30. The van der Waals surface area contributed by atoms with Crippen molar-refractivity contribution in [3.63, 3.8) is 0 Å². The van der Waals surface area contributed by atoms with Crippen molar-refractivity contribution in [3.05, 3.63) is 42.0 Å². The van der Waals surface area contributed by atoms with Crippen LogP contribution in [-0.2, 0) is 11.2 Å². The summed E-state index contributed by atoms with van der Waals surface area (Å²) in [6.07, 6.45) is 5.51. The molecule has 0 aromatic heterocycles. The smallest absolute Gasteiger partial charge is 0.407 e. The lowest BCUT2D eigenvalue weighted by atomic mass is 9.86. The van der Waals surface area contributed by atoms with Gasteiger partial charge in [0, 0.05) is 12.0 Å². The average Bonchev–Trinajstić information content (AvgIpc) is 2.59. The first-order valence-electron chi connectivity index (χ1n) is 10.5. The number of alkyl carbamates (subject to hydrolysis) is 1. The third-order valence-electron chi connectivity index (χ3n) is 4.76. The van der Waals surface area contributed by atoms with Crippen LogP contribution in [0.25, 0.3) is 5.57 Å². The molecule has 0 heterocycles. The molecule has 0 atom stereocenters. The average molecular weight is 390 g/mol. The largest absolute Gasteiger partial charge is 0.449 e. The minimum absolute atomic E-state index is 0.303. The van der Waals surface area contributed by atoms with E-state index in [4.69, 9.17) is 4.74 Å². The standard InChI is InChI=1S/C24H39NO3/c1-7-14-24(27,15-8-2)16-12-20-10-9-11-21(18-20)19(3)13-17-28-22(26)25-23(4,5)6/h9-11,18,27H,3,7-8,12-17H2,1-2,4-6H3,(H,25,26). The Morgan fingerprint density at radius 3 is 2.36 bits per heavy atom. The second-order valence-corrected chi connectivity index (χ2v) is 8.79. The predicted octanol–water partition coefficient (Wildman–Crippen LogP) is 5.88. The quantitative estimate of drug-likeness (QED) is 0.497. The first-order chi connectivity index (χ1) is 13.1. The minimum Gasteiger partial charge on any atom is -0.449 e. The van der Waals surface area contributed by atoms with Crippen LogP contribution in [-0.4, -0.2) is 28.9 Å². The molecule has 1 aromatic rings. The van der Waals surface area contributed by atoms with Gasteiger partial charge in [0.05, 0.1) is 12.2 Å². The first-order valence-corrected chi connectivity index (χ1v) is 10.5. The molecular weight excluding hydrogens is 350 g/mol. The Balaban J connectivity index is 2.57. The molecule has 4 heteroatoms. The van der Waals surface area contributed by atoms with Gasteiger partial charge in [-0.15, -0.1) is 0 Å². The number of aryl methyl sites for hydroxylation is 1. The number of carbonyl (C=O) groups excluding carboxylic acids is 1. The lowest BCUT2D eigenvalue weighted by Gasteiger charge is -2.27. The topological polar surface area (TPSA) is 58.6 Å². The summed E-state index contributed by atoms with van der Waals surface area (Å²) in [5, 5.41) is 13.6. The maximum absolute atomic E-state index is 11.7. The molecule has 0 aliphatic rings. The molecule has 1 aromatic carbocycles. The Labute approximate surface area is 171 Å². The van der Waals surface area contributed by atoms with Crippen LogP contribution in [0.4, 0.5) is 4.79 Å². The van der Waals surface area contributed by atoms with Crippen LogP contribution in [0.1, 0.15) is 84.3 Å². The van der Waals surface area contributed by atoms with Crippen LogP contribution >= 0.6 is 0 Å². The Morgan fingerprint density at radius 1 is 1.14 bits per heavy atom. The van der Waals surface area contributed by atoms with Crippen LogP contribution in [0.15, 0.2) is 30.8 Å². The van der Waals surface area contributed by atoms with E-state index in [2.05, 4.69) is 37.9 Å². The maximum Gasteiger partial charge on any atom is 0.407 e. The number of aliphatic hydroxyl groups is 1. The normalized spacial score (nSPS) is 11.9. The van der Waals surface area contributed by atoms with Gasteiger partial charge in [0.25, 0.3) is 0 Å². The highest BCUT2D eigenvalue weighted by molar-refractivity contribution is 5.68. The summed E-state index contributed by atoms with van der Waals surface area (Å²) in [5.41, 5.74) is 2.34. The second kappa shape index (κ2) is 11.3. The van der Waals surface area contributed by atoms with E-state index in [1.807, 2.05) is 32.9 Å². The Morgan fingerprint density at radius 2 is 1.79 bits per heavy atom. The summed E-state index contributed by atoms with van der Waals surface area (Å²) in [5.74, 6) is 0. The van der Waals surface area contributed by atoms with Crippen molar-refractivity contribution in [2.45, 2.75) is 90.7 Å². The van der Waals surface area contributed by atoms with Crippen LogP contribution in [0.3, 0.4) is 0 Å². The van der Waals surface area contributed by atoms with Gasteiger partial charge in [0.15, 0.2) is 0 Å². The number of nitrogens with one attached hydrogen (secondary N) is 1. The van der Waals surface area contributed by atoms with Gasteiger partial charge in [0.1, 0.15) is 0 Å². The van der Waals surface area contributed by atoms with E-state index in [0.29, 0.717) is 13.0 Å². The molecule has 0 spiro atoms. The van der Waals surface area contributed by atoms with Crippen LogP contribution in [0.2, 0.25) is 0 Å². The van der Waals surface area contributed by atoms with Gasteiger partial charge in [-0.1, -0.05) is 57.5 Å². The number of ether oxygens (including phenoxy) is 1. The highest BCUT2D eigenvalue weighted by atomic mass is 16.5. The van der Waals surface area contributed by atoms with Crippen LogP contribution in [0, 0.1) is 0 Å². The van der Waals surface area contributed by atoms with Gasteiger partial charge in [-0.05, 0) is 63.2 Å². The van der Waals surface area contributed by atoms with E-state index in [0.717, 1.165) is 49.7 Å². The third kappa shape index (κ3) is 9.41. The molecule has 0 unspecified atom stereocenters. The van der Waals surface area contributed by atoms with Gasteiger partial charge in [-0.2, -0.15) is 0 Å². The van der Waals surface area contributed by atoms with Gasteiger partial charge in [0.2, 0.25) is 0 Å². The van der Waals surface area contributed by atoms with Gasteiger partial charge < -0.3 is 15.2 Å². The lowest BCUT2D eigenvalue weighted by molar-refractivity contribution is 0.0132. The summed E-state index contributed by atoms with van der Waals surface area (Å²) in [4.78, 5) is 11.7. The van der Waals surface area contributed by atoms with E-state index in [-0.39, 0.29) is 5.54 Å². The molecule has 4 nitrogen and oxygen atoms in total. The van der Waals surface area contributed by atoms with Crippen molar-refractivity contribution in [2.24, 2.45) is 0 Å². The molecule has 2 N–H and O–H groups in total. The summed E-state index contributed by atoms with van der Waals surface area (Å²) >= 11 is 0. The second-order valence-electron chi connectivity index (χ2n) is 8.79. The zero-order chi connectivity index (χ0) is 21.2. The molecule has 0 saturated carbocycles. The Bertz CT molecular complexity index is 625. The lowest BCUT2D eigenvalue weighted by Crippen LogP contribution is -2.41. The highest BCUT2D eigenvalue weighted by Gasteiger charge is 2.24. The molecule has 0 saturated heterocycles. The van der Waals surface area contributed by atoms with Crippen LogP contribution in [0.5, 0.6) is 0 Å². The summed E-state index contributed by atoms with van der Waals surface area (Å²) < 4.78 is 5.24. The molecule has 0 aliphatic carbocycles. The van der Waals surface area contributed by atoms with E-state index < -0.39 is 11.7 Å². The third-order valence-corrected chi connectivity index (χ3v) is 4.76. The zero-order valence-corrected chi connectivity index (χ0v) is 18.4. The molecule has 0 radical (unpaired) electrons. The van der Waals surface area contributed by atoms with Crippen LogP contribution < -0.4 is 5.32 Å². The molecular formula is C24H39NO3. The molecule has 1 rings (SSSR count). The molecule has 0 bridgehead atoms. The minimum atomic E-state index is -0.565. The summed E-state index contributed by atoms with van der Waals surface area (Å²) in [6.45, 7) is 14.4. The van der Waals surface area contributed by atoms with E-state index in [1.165, 1.54) is 5.56 Å². The number of hydrogen-bond donors (Lipinski definition) is 2. The maximum atomic E-state index is 11.7. The number of benzene rings is 1. The monoisotopic (exact) mass is 389 g/mol. The molecule has 0 aliphatic heterocycles. The van der Waals surface area contributed by atoms with Gasteiger partial charge in [-0.25, -0.2) is 4.79 Å². The number of carbonyl (C=O) groups is 1. The SMILES string of the molecule is C=C(CCOC(=O)NC(C)(C)C)c1cccc(CCC(O)(CCC)CCC)c1. The summed E-state index contributed by atoms with van der Waals surface area (Å²) in [7, 11) is 0. The van der Waals surface area contributed by atoms with E-state index >= 15 is 0 Å². The fraction of sp³-hybridized carbons (Fsp3) is 0.625. The predicted molar refractivity (Wildman–Crippen MR) is 117 cm³/mol. The number of rotatable bonds is 11. The Hall–Kier alpha value is -1.81. The van der Waals surface area contributed by atoms with Crippen molar-refractivity contribution in [1.29, 1.82) is 0 Å². The molecule has 28 heavy (non-hydrogen) atoms. The number of hydrogen-bond acceptors (Lipinski definition) is 3. The first kappa shape index (κ1) is 24.2. The van der Waals surface area contributed by atoms with Crippen molar-refractivity contribution in [3.8, 4) is 0 Å². The molecule has 1 amide bonds. The van der Waals surface area contributed by atoms with Crippen molar-refractivity contribution in [1.82, 2.24) is 5.32 Å². The number of amides is 1. The van der Waals surface area contributed by atoms with E-state index in [9.17, 15) is 9.90 Å². The zero-order valence-electron chi connectivity index (χ0n) is 18.4. The molecule has 158 valence electrons. The van der Waals surface area contributed by atoms with E-state index in [1.54, 1.807) is 0 Å². The Kier molecular flexibility index (Phi) is 9.74. The fourth-order valence-corrected chi connectivity index (χ4v) is 3.38. The highest BCUT2D eigenvalue weighted by Crippen LogP contribution is 2.26. The van der Waals surface area contributed by atoms with Crippen molar-refractivity contribution in [2.75, 3.05) is 6.61 Å². The van der Waals surface area contributed by atoms with Crippen molar-refractivity contribution >= 4 is 11.7 Å². The fourth-order valence-electron chi connectivity index (χ4n) is 3.38.